The van der Waals surface area contributed by atoms with Crippen molar-refractivity contribution in [2.45, 2.75) is 32.6 Å². The number of nitriles is 1. The molecule has 4 rings (SSSR count). The van der Waals surface area contributed by atoms with Crippen molar-refractivity contribution in [2.24, 2.45) is 11.1 Å². The fourth-order valence-corrected chi connectivity index (χ4v) is 4.16. The Kier molecular flexibility index (Phi) is 3.97. The molecule has 0 radical (unpaired) electrons. The van der Waals surface area contributed by atoms with Gasteiger partial charge in [-0.05, 0) is 17.5 Å². The molecule has 1 aliphatic heterocycles. The van der Waals surface area contributed by atoms with E-state index >= 15 is 0 Å². The van der Waals surface area contributed by atoms with Gasteiger partial charge in [0.1, 0.15) is 22.6 Å². The first-order chi connectivity index (χ1) is 12.8. The van der Waals surface area contributed by atoms with Crippen LogP contribution in [0.2, 0.25) is 5.15 Å². The molecule has 1 unspecified atom stereocenters. The van der Waals surface area contributed by atoms with Gasteiger partial charge in [0, 0.05) is 29.4 Å². The van der Waals surface area contributed by atoms with E-state index in [0.29, 0.717) is 29.7 Å². The monoisotopic (exact) mass is 379 g/mol. The van der Waals surface area contributed by atoms with Crippen LogP contribution in [-0.2, 0) is 9.53 Å². The highest BCUT2D eigenvalue weighted by Gasteiger charge is 2.43. The van der Waals surface area contributed by atoms with Crippen LogP contribution in [0.15, 0.2) is 53.1 Å². The number of aromatic nitrogens is 1. The summed E-state index contributed by atoms with van der Waals surface area (Å²) in [4.78, 5) is 17.5. The first kappa shape index (κ1) is 17.6. The largest absolute Gasteiger partial charge is 0.444 e. The second-order valence-corrected chi connectivity index (χ2v) is 8.12. The van der Waals surface area contributed by atoms with Gasteiger partial charge in [0.05, 0.1) is 11.4 Å². The van der Waals surface area contributed by atoms with E-state index < -0.39 is 5.92 Å². The fourth-order valence-electron chi connectivity index (χ4n) is 3.91. The van der Waals surface area contributed by atoms with Crippen LogP contribution in [-0.4, -0.2) is 10.8 Å². The second kappa shape index (κ2) is 6.11. The minimum atomic E-state index is -0.660. The zero-order valence-electron chi connectivity index (χ0n) is 15.0. The van der Waals surface area contributed by atoms with Crippen molar-refractivity contribution >= 4 is 28.3 Å². The van der Waals surface area contributed by atoms with Gasteiger partial charge < -0.3 is 10.5 Å². The lowest BCUT2D eigenvalue weighted by molar-refractivity contribution is -0.119. The molecule has 6 heteroatoms. The number of pyridine rings is 1. The van der Waals surface area contributed by atoms with Crippen LogP contribution >= 0.6 is 11.6 Å². The smallest absolute Gasteiger partial charge is 0.205 e. The molecule has 2 aromatic rings. The number of halogens is 1. The number of ketones is 1. The van der Waals surface area contributed by atoms with E-state index in [1.54, 1.807) is 0 Å². The van der Waals surface area contributed by atoms with Crippen LogP contribution in [0.25, 0.3) is 10.9 Å². The first-order valence-electron chi connectivity index (χ1n) is 8.70. The maximum absolute atomic E-state index is 13.0. The Morgan fingerprint density at radius 3 is 2.81 bits per heavy atom. The highest BCUT2D eigenvalue weighted by Crippen LogP contribution is 2.49. The normalized spacial score (nSPS) is 21.7. The zero-order valence-corrected chi connectivity index (χ0v) is 15.8. The highest BCUT2D eigenvalue weighted by atomic mass is 35.5. The highest BCUT2D eigenvalue weighted by molar-refractivity contribution is 6.30. The number of carbonyl (C=O) groups is 1. The van der Waals surface area contributed by atoms with Gasteiger partial charge in [-0.2, -0.15) is 5.26 Å². The van der Waals surface area contributed by atoms with Gasteiger partial charge in [-0.25, -0.2) is 4.98 Å². The van der Waals surface area contributed by atoms with Crippen molar-refractivity contribution in [3.05, 3.63) is 63.8 Å². The van der Waals surface area contributed by atoms with Crippen LogP contribution in [0.5, 0.6) is 0 Å². The number of rotatable bonds is 1. The lowest BCUT2D eigenvalue weighted by Crippen LogP contribution is -2.33. The molecule has 0 amide bonds. The number of hydrogen-bond acceptors (Lipinski definition) is 5. The van der Waals surface area contributed by atoms with Crippen molar-refractivity contribution in [1.82, 2.24) is 4.98 Å². The first-order valence-corrected chi connectivity index (χ1v) is 9.07. The van der Waals surface area contributed by atoms with E-state index in [2.05, 4.69) is 11.1 Å². The van der Waals surface area contributed by atoms with E-state index in [1.165, 1.54) is 0 Å². The molecule has 0 fully saturated rings. The van der Waals surface area contributed by atoms with Gasteiger partial charge in [-0.15, -0.1) is 0 Å². The van der Waals surface area contributed by atoms with Gasteiger partial charge in [-0.3, -0.25) is 4.79 Å². The Morgan fingerprint density at radius 2 is 2.07 bits per heavy atom. The fraction of sp³-hybridized carbons (Fsp3) is 0.286. The molecule has 2 N–H and O–H groups in total. The summed E-state index contributed by atoms with van der Waals surface area (Å²) in [6, 6.07) is 11.6. The Bertz CT molecular complexity index is 1090. The molecule has 0 saturated heterocycles. The molecule has 0 saturated carbocycles. The molecule has 5 nitrogen and oxygen atoms in total. The number of para-hydroxylation sites is 1. The molecule has 2 heterocycles. The molecule has 1 aliphatic carbocycles. The number of carbonyl (C=O) groups excluding carboxylic acids is 1. The van der Waals surface area contributed by atoms with Crippen molar-refractivity contribution in [3.8, 4) is 6.07 Å². The predicted octanol–water partition coefficient (Wildman–Crippen LogP) is 4.34. The quantitative estimate of drug-likeness (QED) is 0.744. The summed E-state index contributed by atoms with van der Waals surface area (Å²) in [5, 5.41) is 10.8. The summed E-state index contributed by atoms with van der Waals surface area (Å²) in [6.45, 7) is 4.02. The molecule has 2 aliphatic rings. The Morgan fingerprint density at radius 1 is 1.33 bits per heavy atom. The maximum Gasteiger partial charge on any atom is 0.205 e. The van der Waals surface area contributed by atoms with Crippen molar-refractivity contribution in [1.29, 1.82) is 5.26 Å². The SMILES string of the molecule is CC1(C)CC(=O)C2=C(C1)OC(N)=C(C#N)C2c1cc2ccccc2nc1Cl. The minimum absolute atomic E-state index is 0.0241. The molecular weight excluding hydrogens is 362 g/mol. The average molecular weight is 380 g/mol. The molecule has 1 aromatic heterocycles. The Balaban J connectivity index is 1.97. The molecular formula is C21H18ClN3O2. The molecule has 136 valence electrons. The summed E-state index contributed by atoms with van der Waals surface area (Å²) < 4.78 is 5.71. The number of hydrogen-bond donors (Lipinski definition) is 1. The molecule has 0 spiro atoms. The molecule has 1 aromatic carbocycles. The van der Waals surface area contributed by atoms with Crippen LogP contribution in [0.3, 0.4) is 0 Å². The summed E-state index contributed by atoms with van der Waals surface area (Å²) in [7, 11) is 0. The minimum Gasteiger partial charge on any atom is -0.444 e. The van der Waals surface area contributed by atoms with Gasteiger partial charge in [0.15, 0.2) is 5.78 Å². The number of allylic oxidation sites excluding steroid dienone is 3. The Labute approximate surface area is 162 Å². The average Bonchev–Trinajstić information content (AvgIpc) is 2.59. The van der Waals surface area contributed by atoms with Crippen molar-refractivity contribution < 1.29 is 9.53 Å². The molecule has 0 bridgehead atoms. The van der Waals surface area contributed by atoms with Crippen LogP contribution in [0.1, 0.15) is 38.2 Å². The predicted molar refractivity (Wildman–Crippen MR) is 102 cm³/mol. The van der Waals surface area contributed by atoms with Crippen molar-refractivity contribution in [2.75, 3.05) is 0 Å². The summed E-state index contributed by atoms with van der Waals surface area (Å²) in [6.07, 6.45) is 0.950. The Hall–Kier alpha value is -2.84. The van der Waals surface area contributed by atoms with E-state index in [9.17, 15) is 10.1 Å². The van der Waals surface area contributed by atoms with E-state index in [-0.39, 0.29) is 27.8 Å². The van der Waals surface area contributed by atoms with Gasteiger partial charge >= 0.3 is 0 Å². The van der Waals surface area contributed by atoms with Crippen molar-refractivity contribution in [3.63, 3.8) is 0 Å². The van der Waals surface area contributed by atoms with Crippen LogP contribution in [0.4, 0.5) is 0 Å². The number of nitrogens with zero attached hydrogens (tertiary/aromatic N) is 2. The van der Waals surface area contributed by atoms with Gasteiger partial charge in [0.25, 0.3) is 0 Å². The number of fused-ring (bicyclic) bond motifs is 1. The number of Topliss-reactive ketones (excluding diaryl/α,β-unsaturated/α-hetero) is 1. The summed E-state index contributed by atoms with van der Waals surface area (Å²) in [5.41, 5.74) is 7.83. The molecule has 1 atom stereocenters. The summed E-state index contributed by atoms with van der Waals surface area (Å²) >= 11 is 6.48. The lowest BCUT2D eigenvalue weighted by Gasteiger charge is -2.37. The second-order valence-electron chi connectivity index (χ2n) is 7.76. The molecule has 27 heavy (non-hydrogen) atoms. The third-order valence-electron chi connectivity index (χ3n) is 5.09. The van der Waals surface area contributed by atoms with Crippen LogP contribution in [0, 0.1) is 16.7 Å². The van der Waals surface area contributed by atoms with Gasteiger partial charge in [0.2, 0.25) is 5.88 Å². The number of ether oxygens (including phenoxy) is 1. The van der Waals surface area contributed by atoms with Crippen LogP contribution < -0.4 is 5.73 Å². The third-order valence-corrected chi connectivity index (χ3v) is 5.39. The lowest BCUT2D eigenvalue weighted by atomic mass is 9.70. The number of nitrogens with two attached hydrogens (primary N) is 1. The van der Waals surface area contributed by atoms with Gasteiger partial charge in [-0.1, -0.05) is 43.6 Å². The van der Waals surface area contributed by atoms with E-state index in [0.717, 1.165) is 10.9 Å². The third kappa shape index (κ3) is 2.87. The maximum atomic E-state index is 13.0. The topological polar surface area (TPSA) is 89.0 Å². The van der Waals surface area contributed by atoms with E-state index in [4.69, 9.17) is 22.1 Å². The van der Waals surface area contributed by atoms with E-state index in [1.807, 2.05) is 44.2 Å². The zero-order chi connectivity index (χ0) is 19.3. The number of benzene rings is 1. The standard InChI is InChI=1S/C21H18ClN3O2/c1-21(2)8-15(26)18-16(9-21)27-20(24)13(10-23)17(18)12-7-11-5-3-4-6-14(11)25-19(12)22/h3-7,17H,8-9,24H2,1-2H3. The summed E-state index contributed by atoms with van der Waals surface area (Å²) in [5.74, 6) is -0.152.